The van der Waals surface area contributed by atoms with Crippen LogP contribution in [0, 0.1) is 0 Å². The molecule has 17 heavy (non-hydrogen) atoms. The summed E-state index contributed by atoms with van der Waals surface area (Å²) in [5.41, 5.74) is 1.58. The summed E-state index contributed by atoms with van der Waals surface area (Å²) in [5, 5.41) is 13.8. The Bertz CT molecular complexity index is 511. The number of aryl methyl sites for hydroxylation is 1. The quantitative estimate of drug-likeness (QED) is 0.907. The summed E-state index contributed by atoms with van der Waals surface area (Å²) >= 11 is 5.96. The molecular weight excluding hydrogens is 240 g/mol. The van der Waals surface area contributed by atoms with Crippen molar-refractivity contribution in [1.29, 1.82) is 0 Å². The van der Waals surface area contributed by atoms with Gasteiger partial charge in [-0.15, -0.1) is 0 Å². The molecule has 0 spiro atoms. The number of rotatable bonds is 4. The molecule has 0 saturated carbocycles. The van der Waals surface area contributed by atoms with E-state index >= 15 is 0 Å². The zero-order valence-electron chi connectivity index (χ0n) is 9.43. The molecule has 0 fully saturated rings. The minimum absolute atomic E-state index is 0.137. The molecule has 0 aliphatic carbocycles. The molecule has 0 amide bonds. The Labute approximate surface area is 104 Å². The van der Waals surface area contributed by atoms with Crippen LogP contribution < -0.4 is 4.74 Å². The molecule has 4 nitrogen and oxygen atoms in total. The molecule has 2 aromatic rings. The molecule has 0 saturated heterocycles. The molecule has 1 N–H and O–H groups in total. The fourth-order valence-electron chi connectivity index (χ4n) is 1.54. The smallest absolute Gasteiger partial charge is 0.126 e. The van der Waals surface area contributed by atoms with Gasteiger partial charge in [0.2, 0.25) is 0 Å². The van der Waals surface area contributed by atoms with Gasteiger partial charge in [0, 0.05) is 29.4 Å². The van der Waals surface area contributed by atoms with Crippen LogP contribution in [0.15, 0.2) is 30.6 Å². The molecule has 0 atom stereocenters. The van der Waals surface area contributed by atoms with Gasteiger partial charge < -0.3 is 9.84 Å². The molecule has 1 aromatic carbocycles. The highest BCUT2D eigenvalue weighted by molar-refractivity contribution is 6.31. The van der Waals surface area contributed by atoms with Gasteiger partial charge in [0.15, 0.2) is 0 Å². The van der Waals surface area contributed by atoms with Crippen LogP contribution >= 0.6 is 11.6 Å². The van der Waals surface area contributed by atoms with Crippen molar-refractivity contribution in [2.24, 2.45) is 7.05 Å². The minimum atomic E-state index is -0.137. The summed E-state index contributed by atoms with van der Waals surface area (Å²) in [4.78, 5) is 0. The van der Waals surface area contributed by atoms with Crippen molar-refractivity contribution >= 4 is 11.6 Å². The molecule has 1 aromatic heterocycles. The Morgan fingerprint density at radius 2 is 2.29 bits per heavy atom. The first-order valence-electron chi connectivity index (χ1n) is 5.19. The lowest BCUT2D eigenvalue weighted by Crippen LogP contribution is -1.98. The van der Waals surface area contributed by atoms with Gasteiger partial charge in [-0.1, -0.05) is 17.7 Å². The first kappa shape index (κ1) is 12.0. The second kappa shape index (κ2) is 5.21. The molecule has 1 heterocycles. The molecule has 0 aliphatic rings. The highest BCUT2D eigenvalue weighted by Crippen LogP contribution is 2.26. The van der Waals surface area contributed by atoms with Gasteiger partial charge in [0.1, 0.15) is 12.4 Å². The molecular formula is C12H13ClN2O2. The molecule has 0 radical (unpaired) electrons. The van der Waals surface area contributed by atoms with Gasteiger partial charge in [0.05, 0.1) is 12.8 Å². The second-order valence-corrected chi connectivity index (χ2v) is 4.09. The maximum absolute atomic E-state index is 9.22. The molecule has 0 unspecified atom stereocenters. The van der Waals surface area contributed by atoms with E-state index in [0.717, 1.165) is 5.56 Å². The normalized spacial score (nSPS) is 10.5. The number of aromatic nitrogens is 2. The number of benzene rings is 1. The van der Waals surface area contributed by atoms with E-state index in [9.17, 15) is 5.11 Å². The molecule has 0 aliphatic heterocycles. The Kier molecular flexibility index (Phi) is 3.66. The SMILES string of the molecule is Cn1cc(COc2cccc(Cl)c2CO)cn1. The van der Waals surface area contributed by atoms with Crippen molar-refractivity contribution in [3.8, 4) is 5.75 Å². The van der Waals surface area contributed by atoms with Crippen molar-refractivity contribution in [2.75, 3.05) is 0 Å². The van der Waals surface area contributed by atoms with Crippen LogP contribution in [0.4, 0.5) is 0 Å². The van der Waals surface area contributed by atoms with Gasteiger partial charge >= 0.3 is 0 Å². The van der Waals surface area contributed by atoms with Gasteiger partial charge in [-0.2, -0.15) is 5.10 Å². The van der Waals surface area contributed by atoms with Crippen molar-refractivity contribution in [3.05, 3.63) is 46.7 Å². The summed E-state index contributed by atoms with van der Waals surface area (Å²) in [5.74, 6) is 0.601. The van der Waals surface area contributed by atoms with E-state index < -0.39 is 0 Å². The predicted molar refractivity (Wildman–Crippen MR) is 64.9 cm³/mol. The van der Waals surface area contributed by atoms with E-state index in [1.807, 2.05) is 13.2 Å². The lowest BCUT2D eigenvalue weighted by atomic mass is 10.2. The molecule has 2 rings (SSSR count). The third-order valence-electron chi connectivity index (χ3n) is 2.39. The zero-order valence-corrected chi connectivity index (χ0v) is 10.2. The monoisotopic (exact) mass is 252 g/mol. The van der Waals surface area contributed by atoms with E-state index in [1.54, 1.807) is 29.1 Å². The van der Waals surface area contributed by atoms with Crippen LogP contribution in [0.25, 0.3) is 0 Å². The van der Waals surface area contributed by atoms with Crippen LogP contribution in [0.5, 0.6) is 5.75 Å². The highest BCUT2D eigenvalue weighted by atomic mass is 35.5. The summed E-state index contributed by atoms with van der Waals surface area (Å²) < 4.78 is 7.32. The van der Waals surface area contributed by atoms with Crippen molar-refractivity contribution in [1.82, 2.24) is 9.78 Å². The fourth-order valence-corrected chi connectivity index (χ4v) is 1.76. The molecule has 0 bridgehead atoms. The Morgan fingerprint density at radius 1 is 1.47 bits per heavy atom. The summed E-state index contributed by atoms with van der Waals surface area (Å²) in [6.45, 7) is 0.267. The third-order valence-corrected chi connectivity index (χ3v) is 2.74. The van der Waals surface area contributed by atoms with Crippen LogP contribution in [-0.2, 0) is 20.3 Å². The van der Waals surface area contributed by atoms with Crippen molar-refractivity contribution in [3.63, 3.8) is 0 Å². The zero-order chi connectivity index (χ0) is 12.3. The average Bonchev–Trinajstić information content (AvgIpc) is 2.72. The van der Waals surface area contributed by atoms with E-state index in [4.69, 9.17) is 16.3 Å². The number of nitrogens with zero attached hydrogens (tertiary/aromatic N) is 2. The first-order valence-corrected chi connectivity index (χ1v) is 5.57. The maximum Gasteiger partial charge on any atom is 0.126 e. The average molecular weight is 253 g/mol. The Balaban J connectivity index is 2.11. The number of halogens is 1. The van der Waals surface area contributed by atoms with Gasteiger partial charge in [-0.3, -0.25) is 4.68 Å². The van der Waals surface area contributed by atoms with E-state index in [0.29, 0.717) is 22.9 Å². The maximum atomic E-state index is 9.22. The predicted octanol–water partition coefficient (Wildman–Crippen LogP) is 2.14. The fraction of sp³-hybridized carbons (Fsp3) is 0.250. The Hall–Kier alpha value is -1.52. The lowest BCUT2D eigenvalue weighted by molar-refractivity contribution is 0.259. The summed E-state index contributed by atoms with van der Waals surface area (Å²) in [6, 6.07) is 5.30. The van der Waals surface area contributed by atoms with Crippen LogP contribution in [-0.4, -0.2) is 14.9 Å². The van der Waals surface area contributed by atoms with Gasteiger partial charge in [0.25, 0.3) is 0 Å². The van der Waals surface area contributed by atoms with E-state index in [2.05, 4.69) is 5.10 Å². The van der Waals surface area contributed by atoms with Crippen LogP contribution in [0.2, 0.25) is 5.02 Å². The lowest BCUT2D eigenvalue weighted by Gasteiger charge is -2.10. The standard InChI is InChI=1S/C12H13ClN2O2/c1-15-6-9(5-14-15)8-17-12-4-2-3-11(13)10(12)7-16/h2-6,16H,7-8H2,1H3. The number of hydrogen-bond donors (Lipinski definition) is 1. The topological polar surface area (TPSA) is 47.3 Å². The largest absolute Gasteiger partial charge is 0.488 e. The Morgan fingerprint density at radius 3 is 2.94 bits per heavy atom. The van der Waals surface area contributed by atoms with Crippen LogP contribution in [0.3, 0.4) is 0 Å². The number of aliphatic hydroxyl groups excluding tert-OH is 1. The highest BCUT2D eigenvalue weighted by Gasteiger charge is 2.07. The second-order valence-electron chi connectivity index (χ2n) is 3.69. The summed E-state index contributed by atoms with van der Waals surface area (Å²) in [6.07, 6.45) is 3.62. The van der Waals surface area contributed by atoms with E-state index in [-0.39, 0.29) is 6.61 Å². The molecule has 5 heteroatoms. The number of hydrogen-bond acceptors (Lipinski definition) is 3. The third kappa shape index (κ3) is 2.78. The number of aliphatic hydroxyl groups is 1. The van der Waals surface area contributed by atoms with Crippen molar-refractivity contribution < 1.29 is 9.84 Å². The van der Waals surface area contributed by atoms with Crippen molar-refractivity contribution in [2.45, 2.75) is 13.2 Å². The summed E-state index contributed by atoms with van der Waals surface area (Å²) in [7, 11) is 1.85. The van der Waals surface area contributed by atoms with Gasteiger partial charge in [-0.25, -0.2) is 0 Å². The van der Waals surface area contributed by atoms with Gasteiger partial charge in [-0.05, 0) is 12.1 Å². The van der Waals surface area contributed by atoms with E-state index in [1.165, 1.54) is 0 Å². The van der Waals surface area contributed by atoms with Crippen LogP contribution in [0.1, 0.15) is 11.1 Å². The molecule has 90 valence electrons. The minimum Gasteiger partial charge on any atom is -0.488 e. The first-order chi connectivity index (χ1) is 8.20. The number of ether oxygens (including phenoxy) is 1.